The third kappa shape index (κ3) is 2.53. The van der Waals surface area contributed by atoms with E-state index < -0.39 is 11.9 Å². The molecule has 8 heteroatoms. The second-order valence-corrected chi connectivity index (χ2v) is 5.52. The molecular weight excluding hydrogens is 289 g/mol. The molecule has 0 amide bonds. The summed E-state index contributed by atoms with van der Waals surface area (Å²) >= 11 is 1.40. The van der Waals surface area contributed by atoms with Gasteiger partial charge >= 0.3 is 6.18 Å². The van der Waals surface area contributed by atoms with Crippen LogP contribution in [-0.2, 0) is 25.7 Å². The number of nitrogens with zero attached hydrogens (tertiary/aromatic N) is 3. The van der Waals surface area contributed by atoms with Crippen LogP contribution in [0.15, 0.2) is 5.38 Å². The number of fused-ring (bicyclic) bond motifs is 1. The first kappa shape index (κ1) is 13.4. The molecule has 0 saturated heterocycles. The number of hydrogen-bond donors (Lipinski definition) is 1. The molecule has 3 rings (SSSR count). The van der Waals surface area contributed by atoms with E-state index in [4.69, 9.17) is 0 Å². The summed E-state index contributed by atoms with van der Waals surface area (Å²) in [6, 6.07) is 0. The number of nitrogens with one attached hydrogen (secondary N) is 1. The monoisotopic (exact) mass is 300 g/mol. The predicted octanol–water partition coefficient (Wildman–Crippen LogP) is 2.45. The van der Waals surface area contributed by atoms with Crippen molar-refractivity contribution in [2.75, 3.05) is 0 Å². The van der Waals surface area contributed by atoms with Crippen LogP contribution in [0.5, 0.6) is 0 Å². The Morgan fingerprint density at radius 3 is 2.70 bits per heavy atom. The minimum absolute atomic E-state index is 0.163. The summed E-state index contributed by atoms with van der Waals surface area (Å²) in [6.45, 7) is 2.36. The van der Waals surface area contributed by atoms with Crippen molar-refractivity contribution in [1.29, 1.82) is 0 Å². The van der Waals surface area contributed by atoms with E-state index in [0.29, 0.717) is 12.2 Å². The van der Waals surface area contributed by atoms with Crippen LogP contribution in [0.3, 0.4) is 0 Å². The standard InChI is InChI=1S/C12H11F3N4S/c1-6-5-20-10(17-6)2-9-18-8-4-16-3-7(8)11(19-9)12(13,14)15/h5,16H,2-4H2,1H3. The molecule has 0 saturated carbocycles. The molecule has 0 atom stereocenters. The highest BCUT2D eigenvalue weighted by atomic mass is 32.1. The molecule has 0 radical (unpaired) electrons. The molecule has 1 N–H and O–H groups in total. The zero-order valence-corrected chi connectivity index (χ0v) is 11.4. The highest BCUT2D eigenvalue weighted by Crippen LogP contribution is 2.33. The van der Waals surface area contributed by atoms with Crippen molar-refractivity contribution in [3.8, 4) is 0 Å². The number of alkyl halides is 3. The van der Waals surface area contributed by atoms with Crippen LogP contribution in [-0.4, -0.2) is 15.0 Å². The molecule has 0 fully saturated rings. The van der Waals surface area contributed by atoms with E-state index in [1.54, 1.807) is 0 Å². The maximum Gasteiger partial charge on any atom is 0.433 e. The largest absolute Gasteiger partial charge is 0.433 e. The van der Waals surface area contributed by atoms with E-state index >= 15 is 0 Å². The van der Waals surface area contributed by atoms with Gasteiger partial charge in [-0.15, -0.1) is 11.3 Å². The SMILES string of the molecule is Cc1csc(Cc2nc3c(c(C(F)(F)F)n2)CNC3)n1. The minimum Gasteiger partial charge on any atom is -0.307 e. The van der Waals surface area contributed by atoms with E-state index in [2.05, 4.69) is 20.3 Å². The Morgan fingerprint density at radius 1 is 1.25 bits per heavy atom. The maximum atomic E-state index is 13.0. The van der Waals surface area contributed by atoms with Gasteiger partial charge in [0.1, 0.15) is 10.8 Å². The van der Waals surface area contributed by atoms with Gasteiger partial charge in [-0.1, -0.05) is 0 Å². The first-order valence-corrected chi connectivity index (χ1v) is 6.89. The topological polar surface area (TPSA) is 50.7 Å². The molecule has 20 heavy (non-hydrogen) atoms. The zero-order valence-electron chi connectivity index (χ0n) is 10.6. The lowest BCUT2D eigenvalue weighted by molar-refractivity contribution is -0.142. The predicted molar refractivity (Wildman–Crippen MR) is 67.2 cm³/mol. The van der Waals surface area contributed by atoms with Crippen LogP contribution in [0.25, 0.3) is 0 Å². The van der Waals surface area contributed by atoms with Gasteiger partial charge in [0.2, 0.25) is 0 Å². The smallest absolute Gasteiger partial charge is 0.307 e. The van der Waals surface area contributed by atoms with Crippen molar-refractivity contribution < 1.29 is 13.2 Å². The molecular formula is C12H11F3N4S. The Hall–Kier alpha value is -1.54. The summed E-state index contributed by atoms with van der Waals surface area (Å²) < 4.78 is 39.1. The summed E-state index contributed by atoms with van der Waals surface area (Å²) in [5.74, 6) is 0.175. The fourth-order valence-electron chi connectivity index (χ4n) is 2.15. The van der Waals surface area contributed by atoms with E-state index in [0.717, 1.165) is 10.7 Å². The third-order valence-electron chi connectivity index (χ3n) is 2.98. The molecule has 2 aromatic rings. The van der Waals surface area contributed by atoms with Gasteiger partial charge in [0.15, 0.2) is 5.69 Å². The number of thiazole rings is 1. The second kappa shape index (κ2) is 4.78. The van der Waals surface area contributed by atoms with E-state index in [-0.39, 0.29) is 24.4 Å². The number of rotatable bonds is 2. The molecule has 2 aromatic heterocycles. The van der Waals surface area contributed by atoms with Crippen molar-refractivity contribution in [3.05, 3.63) is 38.9 Å². The van der Waals surface area contributed by atoms with Crippen LogP contribution < -0.4 is 5.32 Å². The molecule has 1 aliphatic heterocycles. The van der Waals surface area contributed by atoms with Crippen molar-refractivity contribution in [2.45, 2.75) is 32.6 Å². The molecule has 0 spiro atoms. The van der Waals surface area contributed by atoms with Crippen LogP contribution in [0.2, 0.25) is 0 Å². The summed E-state index contributed by atoms with van der Waals surface area (Å²) in [5, 5.41) is 5.46. The van der Waals surface area contributed by atoms with E-state index in [1.807, 2.05) is 12.3 Å². The third-order valence-corrected chi connectivity index (χ3v) is 3.94. The molecule has 0 aromatic carbocycles. The normalized spacial score (nSPS) is 14.6. The minimum atomic E-state index is -4.45. The molecule has 0 bridgehead atoms. The van der Waals surface area contributed by atoms with Crippen LogP contribution in [0.4, 0.5) is 13.2 Å². The average Bonchev–Trinajstić information content (AvgIpc) is 2.96. The molecule has 4 nitrogen and oxygen atoms in total. The molecule has 0 unspecified atom stereocenters. The Morgan fingerprint density at radius 2 is 2.05 bits per heavy atom. The van der Waals surface area contributed by atoms with Gasteiger partial charge in [0, 0.05) is 29.7 Å². The van der Waals surface area contributed by atoms with Gasteiger partial charge in [0.05, 0.1) is 12.1 Å². The lowest BCUT2D eigenvalue weighted by Crippen LogP contribution is -2.16. The van der Waals surface area contributed by atoms with Crippen molar-refractivity contribution in [2.24, 2.45) is 0 Å². The lowest BCUT2D eigenvalue weighted by Gasteiger charge is -2.11. The highest BCUT2D eigenvalue weighted by molar-refractivity contribution is 7.09. The number of hydrogen-bond acceptors (Lipinski definition) is 5. The van der Waals surface area contributed by atoms with Gasteiger partial charge in [-0.25, -0.2) is 15.0 Å². The van der Waals surface area contributed by atoms with Gasteiger partial charge in [-0.3, -0.25) is 0 Å². The van der Waals surface area contributed by atoms with E-state index in [9.17, 15) is 13.2 Å². The zero-order chi connectivity index (χ0) is 14.3. The average molecular weight is 300 g/mol. The summed E-state index contributed by atoms with van der Waals surface area (Å²) in [6.07, 6.45) is -4.22. The highest BCUT2D eigenvalue weighted by Gasteiger charge is 2.38. The first-order valence-electron chi connectivity index (χ1n) is 6.01. The Labute approximate surface area is 117 Å². The van der Waals surface area contributed by atoms with Crippen molar-refractivity contribution >= 4 is 11.3 Å². The van der Waals surface area contributed by atoms with E-state index in [1.165, 1.54) is 11.3 Å². The fraction of sp³-hybridized carbons (Fsp3) is 0.417. The van der Waals surface area contributed by atoms with Gasteiger partial charge in [-0.05, 0) is 6.92 Å². The maximum absolute atomic E-state index is 13.0. The molecule has 3 heterocycles. The summed E-state index contributed by atoms with van der Waals surface area (Å²) in [5.41, 5.74) is 0.631. The van der Waals surface area contributed by atoms with Gasteiger partial charge < -0.3 is 5.32 Å². The second-order valence-electron chi connectivity index (χ2n) is 4.57. The number of aromatic nitrogens is 3. The summed E-state index contributed by atoms with van der Waals surface area (Å²) in [4.78, 5) is 12.2. The molecule has 1 aliphatic rings. The Balaban J connectivity index is 2.00. The fourth-order valence-corrected chi connectivity index (χ4v) is 2.92. The first-order chi connectivity index (χ1) is 9.43. The molecule has 0 aliphatic carbocycles. The summed E-state index contributed by atoms with van der Waals surface area (Å²) in [7, 11) is 0. The van der Waals surface area contributed by atoms with Crippen molar-refractivity contribution in [1.82, 2.24) is 20.3 Å². The number of halogens is 3. The molecule has 106 valence electrons. The Bertz CT molecular complexity index is 651. The van der Waals surface area contributed by atoms with Crippen molar-refractivity contribution in [3.63, 3.8) is 0 Å². The quantitative estimate of drug-likeness (QED) is 0.925. The van der Waals surface area contributed by atoms with Crippen LogP contribution in [0.1, 0.15) is 33.5 Å². The number of aryl methyl sites for hydroxylation is 1. The lowest BCUT2D eigenvalue weighted by atomic mass is 10.1. The van der Waals surface area contributed by atoms with Crippen LogP contribution in [0, 0.1) is 6.92 Å². The van der Waals surface area contributed by atoms with Crippen LogP contribution >= 0.6 is 11.3 Å². The van der Waals surface area contributed by atoms with Gasteiger partial charge in [-0.2, -0.15) is 13.2 Å². The Kier molecular flexibility index (Phi) is 3.21. The van der Waals surface area contributed by atoms with Gasteiger partial charge in [0.25, 0.3) is 0 Å².